The monoisotopic (exact) mass is 571 g/mol. The Hall–Kier alpha value is -3.30. The first-order valence-corrected chi connectivity index (χ1v) is 12.7. The standard InChI is InChI=1S/C29H33N5O3.2ClH/c1-33-13-15-34(16-14-33)27-17-22(28(35)31-23-10-7-21(8-11-23)24-18-25(24)30)9-12-26(27)32-29(36)37-19-20-5-3-2-4-6-20;;/h2-12,17,24-25H,13-16,18-19,30H2,1H3,(H,31,35)(H,32,36);2*1H. The highest BCUT2D eigenvalue weighted by Gasteiger charge is 2.34. The maximum absolute atomic E-state index is 13.1. The Morgan fingerprint density at radius 2 is 1.59 bits per heavy atom. The molecule has 1 saturated heterocycles. The fourth-order valence-corrected chi connectivity index (χ4v) is 4.57. The van der Waals surface area contributed by atoms with Crippen LogP contribution in [0.1, 0.15) is 33.8 Å². The zero-order chi connectivity index (χ0) is 25.8. The summed E-state index contributed by atoms with van der Waals surface area (Å²) < 4.78 is 5.42. The Kier molecular flexibility index (Phi) is 10.6. The molecule has 10 heteroatoms. The van der Waals surface area contributed by atoms with E-state index in [0.717, 1.165) is 49.5 Å². The fourth-order valence-electron chi connectivity index (χ4n) is 4.57. The lowest BCUT2D eigenvalue weighted by Crippen LogP contribution is -2.44. The highest BCUT2D eigenvalue weighted by atomic mass is 35.5. The molecule has 0 spiro atoms. The van der Waals surface area contributed by atoms with E-state index in [1.807, 2.05) is 60.7 Å². The average molecular weight is 573 g/mol. The summed E-state index contributed by atoms with van der Waals surface area (Å²) in [6.45, 7) is 3.55. The molecule has 208 valence electrons. The molecule has 0 radical (unpaired) electrons. The normalized spacial score (nSPS) is 18.3. The largest absolute Gasteiger partial charge is 0.444 e. The van der Waals surface area contributed by atoms with E-state index in [1.54, 1.807) is 12.1 Å². The van der Waals surface area contributed by atoms with Crippen molar-refractivity contribution in [2.24, 2.45) is 5.73 Å². The van der Waals surface area contributed by atoms with Crippen molar-refractivity contribution >= 4 is 53.9 Å². The first-order chi connectivity index (χ1) is 18.0. The van der Waals surface area contributed by atoms with Crippen LogP contribution >= 0.6 is 24.8 Å². The number of halogens is 2. The molecular formula is C29H35Cl2N5O3. The van der Waals surface area contributed by atoms with E-state index >= 15 is 0 Å². The van der Waals surface area contributed by atoms with Gasteiger partial charge in [-0.3, -0.25) is 10.1 Å². The van der Waals surface area contributed by atoms with E-state index in [-0.39, 0.29) is 43.4 Å². The van der Waals surface area contributed by atoms with Crippen LogP contribution in [0.3, 0.4) is 0 Å². The van der Waals surface area contributed by atoms with Crippen molar-refractivity contribution in [1.29, 1.82) is 0 Å². The lowest BCUT2D eigenvalue weighted by molar-refractivity contribution is 0.102. The van der Waals surface area contributed by atoms with Gasteiger partial charge in [-0.25, -0.2) is 4.79 Å². The molecule has 5 rings (SSSR count). The van der Waals surface area contributed by atoms with Gasteiger partial charge in [0.15, 0.2) is 0 Å². The van der Waals surface area contributed by atoms with Crippen LogP contribution in [0.25, 0.3) is 0 Å². The summed E-state index contributed by atoms with van der Waals surface area (Å²) in [7, 11) is 2.09. The first-order valence-electron chi connectivity index (χ1n) is 12.7. The van der Waals surface area contributed by atoms with Gasteiger partial charge < -0.3 is 25.6 Å². The number of hydrogen-bond acceptors (Lipinski definition) is 6. The average Bonchev–Trinajstić information content (AvgIpc) is 3.65. The van der Waals surface area contributed by atoms with Gasteiger partial charge in [0.25, 0.3) is 5.91 Å². The zero-order valence-corrected chi connectivity index (χ0v) is 23.5. The van der Waals surface area contributed by atoms with E-state index in [2.05, 4.69) is 27.5 Å². The third-order valence-corrected chi connectivity index (χ3v) is 6.99. The number of rotatable bonds is 7. The molecule has 0 bridgehead atoms. The number of nitrogens with two attached hydrogens (primary N) is 1. The van der Waals surface area contributed by atoms with Crippen molar-refractivity contribution in [3.05, 3.63) is 89.5 Å². The number of nitrogens with zero attached hydrogens (tertiary/aromatic N) is 2. The Bertz CT molecular complexity index is 1250. The number of benzene rings is 3. The smallest absolute Gasteiger partial charge is 0.412 e. The number of piperazine rings is 1. The topological polar surface area (TPSA) is 99.9 Å². The molecule has 2 amide bonds. The number of ether oxygens (including phenoxy) is 1. The summed E-state index contributed by atoms with van der Waals surface area (Å²) in [6.07, 6.45) is 0.480. The predicted octanol–water partition coefficient (Wildman–Crippen LogP) is 5.10. The Morgan fingerprint density at radius 1 is 0.923 bits per heavy atom. The molecule has 3 aromatic rings. The van der Waals surface area contributed by atoms with Gasteiger partial charge in [-0.2, -0.15) is 0 Å². The molecule has 2 fully saturated rings. The summed E-state index contributed by atoms with van der Waals surface area (Å²) in [4.78, 5) is 30.1. The van der Waals surface area contributed by atoms with E-state index in [0.29, 0.717) is 17.2 Å². The molecule has 8 nitrogen and oxygen atoms in total. The number of anilines is 3. The van der Waals surface area contributed by atoms with Crippen LogP contribution in [0, 0.1) is 0 Å². The second-order valence-electron chi connectivity index (χ2n) is 9.79. The van der Waals surface area contributed by atoms with Gasteiger partial charge in [0.2, 0.25) is 0 Å². The van der Waals surface area contributed by atoms with Gasteiger partial charge in [-0.1, -0.05) is 42.5 Å². The van der Waals surface area contributed by atoms with Crippen LogP contribution in [-0.4, -0.2) is 56.2 Å². The fraction of sp³-hybridized carbons (Fsp3) is 0.310. The van der Waals surface area contributed by atoms with E-state index in [9.17, 15) is 9.59 Å². The summed E-state index contributed by atoms with van der Waals surface area (Å²) in [5.41, 5.74) is 10.7. The Labute approximate surface area is 241 Å². The molecule has 0 aromatic heterocycles. The Morgan fingerprint density at radius 3 is 2.23 bits per heavy atom. The summed E-state index contributed by atoms with van der Waals surface area (Å²) in [6, 6.07) is 23.0. The summed E-state index contributed by atoms with van der Waals surface area (Å²) in [5, 5.41) is 5.86. The van der Waals surface area contributed by atoms with Crippen molar-refractivity contribution in [3.63, 3.8) is 0 Å². The highest BCUT2D eigenvalue weighted by molar-refractivity contribution is 6.06. The second-order valence-corrected chi connectivity index (χ2v) is 9.79. The maximum atomic E-state index is 13.1. The van der Waals surface area contributed by atoms with Gasteiger partial charge in [-0.05, 0) is 54.9 Å². The molecular weight excluding hydrogens is 537 g/mol. The molecule has 2 atom stereocenters. The maximum Gasteiger partial charge on any atom is 0.412 e. The molecule has 2 unspecified atom stereocenters. The Balaban J connectivity index is 0.00000210. The van der Waals surface area contributed by atoms with Crippen molar-refractivity contribution in [2.45, 2.75) is 25.0 Å². The lowest BCUT2D eigenvalue weighted by Gasteiger charge is -2.35. The summed E-state index contributed by atoms with van der Waals surface area (Å²) in [5.74, 6) is 0.222. The minimum Gasteiger partial charge on any atom is -0.444 e. The van der Waals surface area contributed by atoms with E-state index in [1.165, 1.54) is 5.56 Å². The molecule has 1 heterocycles. The zero-order valence-electron chi connectivity index (χ0n) is 21.8. The number of nitrogens with one attached hydrogen (secondary N) is 2. The van der Waals surface area contributed by atoms with Crippen molar-refractivity contribution in [2.75, 3.05) is 48.8 Å². The minimum atomic E-state index is -0.535. The van der Waals surface area contributed by atoms with Crippen LogP contribution in [0.4, 0.5) is 21.9 Å². The van der Waals surface area contributed by atoms with Gasteiger partial charge in [0, 0.05) is 49.4 Å². The predicted molar refractivity (Wildman–Crippen MR) is 161 cm³/mol. The summed E-state index contributed by atoms with van der Waals surface area (Å²) >= 11 is 0. The number of carbonyl (C=O) groups excluding carboxylic acids is 2. The van der Waals surface area contributed by atoms with E-state index < -0.39 is 6.09 Å². The SMILES string of the molecule is CN1CCN(c2cc(C(=O)Nc3ccc(C4CC4N)cc3)ccc2NC(=O)OCc2ccccc2)CC1.Cl.Cl. The van der Waals surface area contributed by atoms with Gasteiger partial charge in [0.05, 0.1) is 11.4 Å². The van der Waals surface area contributed by atoms with Crippen LogP contribution in [-0.2, 0) is 11.3 Å². The number of carbonyl (C=O) groups is 2. The van der Waals surface area contributed by atoms with Gasteiger partial charge in [0.1, 0.15) is 6.61 Å². The molecule has 1 aliphatic heterocycles. The quantitative estimate of drug-likeness (QED) is 0.365. The molecule has 2 aliphatic rings. The van der Waals surface area contributed by atoms with Crippen molar-refractivity contribution in [1.82, 2.24) is 4.90 Å². The molecule has 3 aromatic carbocycles. The lowest BCUT2D eigenvalue weighted by atomic mass is 10.1. The van der Waals surface area contributed by atoms with Crippen molar-refractivity contribution in [3.8, 4) is 0 Å². The van der Waals surface area contributed by atoms with Crippen LogP contribution in [0.2, 0.25) is 0 Å². The van der Waals surface area contributed by atoms with E-state index in [4.69, 9.17) is 10.5 Å². The molecule has 39 heavy (non-hydrogen) atoms. The van der Waals surface area contributed by atoms with Crippen molar-refractivity contribution < 1.29 is 14.3 Å². The molecule has 1 saturated carbocycles. The third kappa shape index (κ3) is 7.86. The number of hydrogen-bond donors (Lipinski definition) is 3. The van der Waals surface area contributed by atoms with Gasteiger partial charge >= 0.3 is 6.09 Å². The number of amides is 2. The van der Waals surface area contributed by atoms with Crippen LogP contribution in [0.5, 0.6) is 0 Å². The van der Waals surface area contributed by atoms with Gasteiger partial charge in [-0.15, -0.1) is 24.8 Å². The first kappa shape index (κ1) is 30.2. The van der Waals surface area contributed by atoms with Crippen LogP contribution in [0.15, 0.2) is 72.8 Å². The molecule has 1 aliphatic carbocycles. The highest BCUT2D eigenvalue weighted by Crippen LogP contribution is 2.39. The van der Waals surface area contributed by atoms with Crippen LogP contribution < -0.4 is 21.3 Å². The number of likely N-dealkylation sites (N-methyl/N-ethyl adjacent to an activating group) is 1. The minimum absolute atomic E-state index is 0. The molecule has 4 N–H and O–H groups in total. The third-order valence-electron chi connectivity index (χ3n) is 6.99. The second kappa shape index (κ2) is 13.7.